The van der Waals surface area contributed by atoms with Gasteiger partial charge >= 0.3 is 0 Å². The molecule has 10 heteroatoms. The lowest BCUT2D eigenvalue weighted by molar-refractivity contribution is 0.0742. The van der Waals surface area contributed by atoms with Gasteiger partial charge in [0, 0.05) is 41.8 Å². The second kappa shape index (κ2) is 16.7. The van der Waals surface area contributed by atoms with Crippen LogP contribution in [-0.2, 0) is 19.5 Å². The SMILES string of the molecule is CCCN(Cc1nc(C)cs1)C(=O)c1cc(OC)cc(C(=O)N[C@@H](Cc2ccccc2)[C@H](O)CNCc2cccc(OC)c2)c1. The highest BCUT2D eigenvalue weighted by atomic mass is 32.1. The zero-order chi connectivity index (χ0) is 32.2. The molecule has 2 atom stereocenters. The molecule has 0 aliphatic rings. The molecule has 0 saturated carbocycles. The van der Waals surface area contributed by atoms with Crippen molar-refractivity contribution in [2.75, 3.05) is 27.3 Å². The van der Waals surface area contributed by atoms with E-state index in [0.29, 0.717) is 37.4 Å². The molecule has 0 aliphatic heterocycles. The summed E-state index contributed by atoms with van der Waals surface area (Å²) in [6.07, 6.45) is 0.299. The predicted molar refractivity (Wildman–Crippen MR) is 177 cm³/mol. The van der Waals surface area contributed by atoms with Crippen LogP contribution in [0.3, 0.4) is 0 Å². The number of amides is 2. The molecule has 45 heavy (non-hydrogen) atoms. The normalized spacial score (nSPS) is 12.3. The van der Waals surface area contributed by atoms with E-state index in [1.54, 1.807) is 30.2 Å². The average molecular weight is 631 g/mol. The Kier molecular flexibility index (Phi) is 12.5. The molecule has 2 amide bonds. The van der Waals surface area contributed by atoms with Gasteiger partial charge in [-0.05, 0) is 61.2 Å². The Morgan fingerprint density at radius 1 is 0.956 bits per heavy atom. The van der Waals surface area contributed by atoms with Crippen molar-refractivity contribution in [2.24, 2.45) is 0 Å². The number of nitrogens with zero attached hydrogens (tertiary/aromatic N) is 2. The first-order chi connectivity index (χ1) is 21.8. The maximum absolute atomic E-state index is 13.7. The zero-order valence-corrected chi connectivity index (χ0v) is 27.1. The standard InChI is InChI=1S/C35H42N4O5S/c1-5-14-39(22-33-37-24(2)23-45-33)35(42)28-17-27(18-30(19-28)44-4)34(41)38-31(16-25-10-7-6-8-11-25)32(40)21-36-20-26-12-9-13-29(15-26)43-3/h6-13,15,17-19,23,31-32,36,40H,5,14,16,20-22H2,1-4H3,(H,38,41)/t31-,32+/m0/s1. The molecule has 0 saturated heterocycles. The highest BCUT2D eigenvalue weighted by molar-refractivity contribution is 7.09. The fourth-order valence-electron chi connectivity index (χ4n) is 5.01. The number of aryl methyl sites for hydroxylation is 1. The molecule has 0 bridgehead atoms. The summed E-state index contributed by atoms with van der Waals surface area (Å²) in [6.45, 7) is 5.65. The minimum Gasteiger partial charge on any atom is -0.497 e. The van der Waals surface area contributed by atoms with Gasteiger partial charge in [-0.1, -0.05) is 49.4 Å². The number of thiazole rings is 1. The fraction of sp³-hybridized carbons (Fsp3) is 0.343. The van der Waals surface area contributed by atoms with E-state index in [9.17, 15) is 14.7 Å². The van der Waals surface area contributed by atoms with Gasteiger partial charge in [-0.15, -0.1) is 11.3 Å². The van der Waals surface area contributed by atoms with Gasteiger partial charge in [0.25, 0.3) is 11.8 Å². The maximum atomic E-state index is 13.7. The first-order valence-corrected chi connectivity index (χ1v) is 15.9. The van der Waals surface area contributed by atoms with Crippen LogP contribution in [0.1, 0.15) is 55.9 Å². The van der Waals surface area contributed by atoms with Gasteiger partial charge in [0.1, 0.15) is 16.5 Å². The smallest absolute Gasteiger partial charge is 0.254 e. The molecule has 0 spiro atoms. The molecule has 0 aliphatic carbocycles. The summed E-state index contributed by atoms with van der Waals surface area (Å²) in [4.78, 5) is 33.7. The number of carbonyl (C=O) groups excluding carboxylic acids is 2. The van der Waals surface area contributed by atoms with Gasteiger partial charge < -0.3 is 30.1 Å². The summed E-state index contributed by atoms with van der Waals surface area (Å²) in [6, 6.07) is 21.6. The molecule has 0 radical (unpaired) electrons. The van der Waals surface area contributed by atoms with Crippen LogP contribution in [0.2, 0.25) is 0 Å². The van der Waals surface area contributed by atoms with Gasteiger partial charge in [-0.3, -0.25) is 9.59 Å². The number of aromatic nitrogens is 1. The first kappa shape index (κ1) is 33.6. The van der Waals surface area contributed by atoms with E-state index >= 15 is 0 Å². The van der Waals surface area contributed by atoms with Gasteiger partial charge in [-0.25, -0.2) is 4.98 Å². The number of aliphatic hydroxyl groups excluding tert-OH is 1. The highest BCUT2D eigenvalue weighted by Gasteiger charge is 2.25. The zero-order valence-electron chi connectivity index (χ0n) is 26.3. The lowest BCUT2D eigenvalue weighted by Gasteiger charge is -2.25. The Hall–Kier alpha value is -4.25. The van der Waals surface area contributed by atoms with Crippen LogP contribution in [0.5, 0.6) is 11.5 Å². The number of benzene rings is 3. The van der Waals surface area contributed by atoms with E-state index in [-0.39, 0.29) is 18.0 Å². The summed E-state index contributed by atoms with van der Waals surface area (Å²) in [7, 11) is 3.13. The van der Waals surface area contributed by atoms with E-state index in [1.807, 2.05) is 73.8 Å². The molecule has 4 aromatic rings. The molecule has 0 unspecified atom stereocenters. The van der Waals surface area contributed by atoms with Gasteiger partial charge in [-0.2, -0.15) is 0 Å². The summed E-state index contributed by atoms with van der Waals surface area (Å²) in [5.74, 6) is 0.539. The van der Waals surface area contributed by atoms with Crippen LogP contribution in [0, 0.1) is 6.92 Å². The number of hydrogen-bond acceptors (Lipinski definition) is 8. The highest BCUT2D eigenvalue weighted by Crippen LogP contribution is 2.21. The molecule has 3 aromatic carbocycles. The lowest BCUT2D eigenvalue weighted by atomic mass is 10.00. The van der Waals surface area contributed by atoms with Crippen LogP contribution < -0.4 is 20.1 Å². The first-order valence-electron chi connectivity index (χ1n) is 15.1. The molecular weight excluding hydrogens is 588 g/mol. The van der Waals surface area contributed by atoms with Crippen LogP contribution >= 0.6 is 11.3 Å². The molecule has 238 valence electrons. The number of carbonyl (C=O) groups is 2. The molecule has 1 heterocycles. The molecule has 0 fully saturated rings. The topological polar surface area (TPSA) is 113 Å². The quantitative estimate of drug-likeness (QED) is 0.160. The Morgan fingerprint density at radius 3 is 2.38 bits per heavy atom. The number of aliphatic hydroxyl groups is 1. The van der Waals surface area contributed by atoms with E-state index in [2.05, 4.69) is 15.6 Å². The largest absolute Gasteiger partial charge is 0.497 e. The molecule has 1 aromatic heterocycles. The number of methoxy groups -OCH3 is 2. The van der Waals surface area contributed by atoms with E-state index < -0.39 is 18.1 Å². The van der Waals surface area contributed by atoms with Crippen LogP contribution in [0.4, 0.5) is 0 Å². The maximum Gasteiger partial charge on any atom is 0.254 e. The van der Waals surface area contributed by atoms with Crippen molar-refractivity contribution in [3.05, 3.63) is 111 Å². The summed E-state index contributed by atoms with van der Waals surface area (Å²) in [5.41, 5.74) is 3.53. The third kappa shape index (κ3) is 9.87. The monoisotopic (exact) mass is 630 g/mol. The third-order valence-corrected chi connectivity index (χ3v) is 8.27. The minimum absolute atomic E-state index is 0.208. The molecule has 4 rings (SSSR count). The Morgan fingerprint density at radius 2 is 1.69 bits per heavy atom. The summed E-state index contributed by atoms with van der Waals surface area (Å²) in [5, 5.41) is 20.4. The van der Waals surface area contributed by atoms with Gasteiger partial charge in [0.05, 0.1) is 32.9 Å². The lowest BCUT2D eigenvalue weighted by Crippen LogP contribution is -2.48. The Balaban J connectivity index is 1.51. The molecule has 3 N–H and O–H groups in total. The van der Waals surface area contributed by atoms with Crippen LogP contribution in [-0.4, -0.2) is 66.3 Å². The van der Waals surface area contributed by atoms with Crippen molar-refractivity contribution in [3.8, 4) is 11.5 Å². The van der Waals surface area contributed by atoms with Crippen molar-refractivity contribution in [3.63, 3.8) is 0 Å². The van der Waals surface area contributed by atoms with Crippen molar-refractivity contribution in [2.45, 2.75) is 51.9 Å². The second-order valence-electron chi connectivity index (χ2n) is 10.9. The van der Waals surface area contributed by atoms with Crippen LogP contribution in [0.25, 0.3) is 0 Å². The minimum atomic E-state index is -0.895. The Bertz CT molecular complexity index is 1540. The predicted octanol–water partition coefficient (Wildman–Crippen LogP) is 5.01. The van der Waals surface area contributed by atoms with E-state index in [0.717, 1.165) is 34.0 Å². The molecular formula is C35H42N4O5S. The van der Waals surface area contributed by atoms with Crippen molar-refractivity contribution < 1.29 is 24.2 Å². The van der Waals surface area contributed by atoms with Crippen LogP contribution in [0.15, 0.2) is 78.2 Å². The van der Waals surface area contributed by atoms with Crippen molar-refractivity contribution in [1.29, 1.82) is 0 Å². The summed E-state index contributed by atoms with van der Waals surface area (Å²) >= 11 is 1.52. The average Bonchev–Trinajstić information content (AvgIpc) is 3.48. The number of rotatable bonds is 16. The van der Waals surface area contributed by atoms with Crippen molar-refractivity contribution in [1.82, 2.24) is 20.5 Å². The van der Waals surface area contributed by atoms with Gasteiger partial charge in [0.15, 0.2) is 0 Å². The van der Waals surface area contributed by atoms with Gasteiger partial charge in [0.2, 0.25) is 0 Å². The van der Waals surface area contributed by atoms with Crippen molar-refractivity contribution >= 4 is 23.2 Å². The summed E-state index contributed by atoms with van der Waals surface area (Å²) < 4.78 is 10.8. The number of ether oxygens (including phenoxy) is 2. The Labute approximate surface area is 269 Å². The third-order valence-electron chi connectivity index (χ3n) is 7.32. The van der Waals surface area contributed by atoms with E-state index in [1.165, 1.54) is 18.4 Å². The fourth-order valence-corrected chi connectivity index (χ4v) is 5.79. The number of hydrogen-bond donors (Lipinski definition) is 3. The van der Waals surface area contributed by atoms with E-state index in [4.69, 9.17) is 9.47 Å². The molecule has 9 nitrogen and oxygen atoms in total. The second-order valence-corrected chi connectivity index (χ2v) is 11.8. The number of nitrogens with one attached hydrogen (secondary N) is 2.